The summed E-state index contributed by atoms with van der Waals surface area (Å²) in [7, 11) is 0. The number of nitrogens with one attached hydrogen (secondary N) is 1. The lowest BCUT2D eigenvalue weighted by atomic mass is 10.1. The number of anilines is 2. The molecule has 0 saturated heterocycles. The summed E-state index contributed by atoms with van der Waals surface area (Å²) < 4.78 is 0. The minimum Gasteiger partial charge on any atom is -0.506 e. The number of aromatic hydroxyl groups is 1. The van der Waals surface area contributed by atoms with Crippen molar-refractivity contribution < 1.29 is 9.90 Å². The Morgan fingerprint density at radius 1 is 1.30 bits per heavy atom. The van der Waals surface area contributed by atoms with E-state index in [4.69, 9.17) is 22.6 Å². The van der Waals surface area contributed by atoms with Gasteiger partial charge in [0.15, 0.2) is 0 Å². The first-order valence-electron chi connectivity index (χ1n) is 5.61. The zero-order chi connectivity index (χ0) is 14.7. The molecule has 1 amide bonds. The fraction of sp³-hybridized carbons (Fsp3) is 0. The van der Waals surface area contributed by atoms with Gasteiger partial charge in [0.05, 0.1) is 16.3 Å². The van der Waals surface area contributed by atoms with Gasteiger partial charge in [-0.25, -0.2) is 0 Å². The molecule has 0 aromatic heterocycles. The SMILES string of the molecule is N#Cc1ccc(NC(=O)c2ccc(N)c(O)c2)cc1Cl. The van der Waals surface area contributed by atoms with E-state index in [9.17, 15) is 9.90 Å². The van der Waals surface area contributed by atoms with Crippen LogP contribution in [0.5, 0.6) is 5.75 Å². The summed E-state index contributed by atoms with van der Waals surface area (Å²) in [6.45, 7) is 0. The van der Waals surface area contributed by atoms with E-state index in [1.807, 2.05) is 6.07 Å². The van der Waals surface area contributed by atoms with Gasteiger partial charge in [0.2, 0.25) is 0 Å². The van der Waals surface area contributed by atoms with E-state index in [1.54, 1.807) is 6.07 Å². The summed E-state index contributed by atoms with van der Waals surface area (Å²) in [4.78, 5) is 12.0. The number of rotatable bonds is 2. The van der Waals surface area contributed by atoms with Crippen LogP contribution in [0.4, 0.5) is 11.4 Å². The number of carbonyl (C=O) groups excluding carboxylic acids is 1. The Morgan fingerprint density at radius 3 is 2.65 bits per heavy atom. The number of nitrogen functional groups attached to an aromatic ring is 1. The van der Waals surface area contributed by atoms with Gasteiger partial charge in [0.25, 0.3) is 5.91 Å². The molecule has 2 aromatic rings. The van der Waals surface area contributed by atoms with Crippen molar-refractivity contribution in [3.05, 3.63) is 52.5 Å². The molecular formula is C14H10ClN3O2. The average molecular weight is 288 g/mol. The van der Waals surface area contributed by atoms with Crippen LogP contribution in [0.15, 0.2) is 36.4 Å². The van der Waals surface area contributed by atoms with Gasteiger partial charge in [-0.15, -0.1) is 0 Å². The van der Waals surface area contributed by atoms with Crippen LogP contribution in [-0.2, 0) is 0 Å². The van der Waals surface area contributed by atoms with Crippen LogP contribution in [0.2, 0.25) is 5.02 Å². The Kier molecular flexibility index (Phi) is 3.78. The normalized spacial score (nSPS) is 9.80. The molecule has 0 radical (unpaired) electrons. The third kappa shape index (κ3) is 2.82. The van der Waals surface area contributed by atoms with E-state index in [0.717, 1.165) is 0 Å². The van der Waals surface area contributed by atoms with Crippen molar-refractivity contribution in [2.45, 2.75) is 0 Å². The Hall–Kier alpha value is -2.71. The molecule has 2 aromatic carbocycles. The number of hydrogen-bond acceptors (Lipinski definition) is 4. The number of phenols is 1. The third-order valence-electron chi connectivity index (χ3n) is 2.64. The number of phenolic OH excluding ortho intramolecular Hbond substituents is 1. The molecule has 20 heavy (non-hydrogen) atoms. The molecule has 0 fully saturated rings. The van der Waals surface area contributed by atoms with E-state index < -0.39 is 5.91 Å². The van der Waals surface area contributed by atoms with Crippen molar-refractivity contribution in [2.75, 3.05) is 11.1 Å². The van der Waals surface area contributed by atoms with Gasteiger partial charge in [-0.1, -0.05) is 11.6 Å². The maximum Gasteiger partial charge on any atom is 0.255 e. The van der Waals surface area contributed by atoms with Crippen LogP contribution in [0.1, 0.15) is 15.9 Å². The number of halogens is 1. The molecular weight excluding hydrogens is 278 g/mol. The van der Waals surface area contributed by atoms with Crippen molar-refractivity contribution in [1.29, 1.82) is 5.26 Å². The molecule has 6 heteroatoms. The predicted octanol–water partition coefficient (Wildman–Crippen LogP) is 2.75. The van der Waals surface area contributed by atoms with Gasteiger partial charge in [-0.3, -0.25) is 4.79 Å². The summed E-state index contributed by atoms with van der Waals surface area (Å²) >= 11 is 5.87. The van der Waals surface area contributed by atoms with E-state index in [2.05, 4.69) is 5.32 Å². The highest BCUT2D eigenvalue weighted by atomic mass is 35.5. The second kappa shape index (κ2) is 5.51. The zero-order valence-electron chi connectivity index (χ0n) is 10.2. The van der Waals surface area contributed by atoms with Crippen molar-refractivity contribution in [2.24, 2.45) is 0 Å². The first-order chi connectivity index (χ1) is 9.51. The summed E-state index contributed by atoms with van der Waals surface area (Å²) in [5, 5.41) is 21.1. The Labute approximate surface area is 120 Å². The van der Waals surface area contributed by atoms with Crippen LogP contribution in [0, 0.1) is 11.3 Å². The second-order valence-electron chi connectivity index (χ2n) is 4.03. The summed E-state index contributed by atoms with van der Waals surface area (Å²) in [5.74, 6) is -0.573. The van der Waals surface area contributed by atoms with Gasteiger partial charge in [-0.05, 0) is 36.4 Å². The number of benzene rings is 2. The van der Waals surface area contributed by atoms with Gasteiger partial charge >= 0.3 is 0 Å². The molecule has 0 bridgehead atoms. The van der Waals surface area contributed by atoms with Gasteiger partial charge in [0, 0.05) is 11.3 Å². The minimum absolute atomic E-state index is 0.157. The van der Waals surface area contributed by atoms with Crippen molar-refractivity contribution in [1.82, 2.24) is 0 Å². The van der Waals surface area contributed by atoms with Crippen LogP contribution in [-0.4, -0.2) is 11.0 Å². The van der Waals surface area contributed by atoms with Crippen molar-refractivity contribution in [3.63, 3.8) is 0 Å². The van der Waals surface area contributed by atoms with Gasteiger partial charge in [0.1, 0.15) is 11.8 Å². The summed E-state index contributed by atoms with van der Waals surface area (Å²) in [5.41, 5.74) is 6.70. The van der Waals surface area contributed by atoms with E-state index in [1.165, 1.54) is 30.3 Å². The van der Waals surface area contributed by atoms with Crippen LogP contribution >= 0.6 is 11.6 Å². The number of nitrogens with zero attached hydrogens (tertiary/aromatic N) is 1. The number of carbonyl (C=O) groups is 1. The minimum atomic E-state index is -0.416. The molecule has 0 aliphatic heterocycles. The number of amides is 1. The van der Waals surface area contributed by atoms with Gasteiger partial charge < -0.3 is 16.2 Å². The fourth-order valence-electron chi connectivity index (χ4n) is 1.57. The zero-order valence-corrected chi connectivity index (χ0v) is 11.0. The lowest BCUT2D eigenvalue weighted by molar-refractivity contribution is 0.102. The van der Waals surface area contributed by atoms with E-state index in [0.29, 0.717) is 11.3 Å². The maximum absolute atomic E-state index is 12.0. The molecule has 4 N–H and O–H groups in total. The Balaban J connectivity index is 2.21. The highest BCUT2D eigenvalue weighted by Gasteiger charge is 2.09. The first kappa shape index (κ1) is 13.7. The number of hydrogen-bond donors (Lipinski definition) is 3. The largest absolute Gasteiger partial charge is 0.506 e. The standard InChI is InChI=1S/C14H10ClN3O2/c15-11-6-10(3-1-9(11)7-16)18-14(20)8-2-4-12(17)13(19)5-8/h1-6,19H,17H2,(H,18,20). The lowest BCUT2D eigenvalue weighted by Crippen LogP contribution is -2.12. The molecule has 0 aliphatic carbocycles. The van der Waals surface area contributed by atoms with Crippen LogP contribution in [0.25, 0.3) is 0 Å². The van der Waals surface area contributed by atoms with Crippen molar-refractivity contribution >= 4 is 28.9 Å². The Bertz CT molecular complexity index is 723. The molecule has 100 valence electrons. The monoisotopic (exact) mass is 287 g/mol. The van der Waals surface area contributed by atoms with E-state index >= 15 is 0 Å². The summed E-state index contributed by atoms with van der Waals surface area (Å²) in [6.07, 6.45) is 0. The fourth-order valence-corrected chi connectivity index (χ4v) is 1.79. The highest BCUT2D eigenvalue weighted by molar-refractivity contribution is 6.32. The molecule has 0 spiro atoms. The van der Waals surface area contributed by atoms with Crippen LogP contribution < -0.4 is 11.1 Å². The topological polar surface area (TPSA) is 99.1 Å². The van der Waals surface area contributed by atoms with Gasteiger partial charge in [-0.2, -0.15) is 5.26 Å². The smallest absolute Gasteiger partial charge is 0.255 e. The first-order valence-corrected chi connectivity index (χ1v) is 5.98. The molecule has 5 nitrogen and oxygen atoms in total. The van der Waals surface area contributed by atoms with E-state index in [-0.39, 0.29) is 22.0 Å². The highest BCUT2D eigenvalue weighted by Crippen LogP contribution is 2.23. The molecule has 2 rings (SSSR count). The molecule has 0 aliphatic rings. The Morgan fingerprint density at radius 2 is 2.05 bits per heavy atom. The quantitative estimate of drug-likeness (QED) is 0.584. The number of nitrogens with two attached hydrogens (primary N) is 1. The average Bonchev–Trinajstić information content (AvgIpc) is 2.42. The maximum atomic E-state index is 12.0. The number of nitriles is 1. The molecule has 0 saturated carbocycles. The third-order valence-corrected chi connectivity index (χ3v) is 2.95. The second-order valence-corrected chi connectivity index (χ2v) is 4.44. The van der Waals surface area contributed by atoms with Crippen LogP contribution in [0.3, 0.4) is 0 Å². The molecule has 0 heterocycles. The predicted molar refractivity (Wildman–Crippen MR) is 76.6 cm³/mol. The summed E-state index contributed by atoms with van der Waals surface area (Å²) in [6, 6.07) is 10.7. The van der Waals surface area contributed by atoms with Crippen molar-refractivity contribution in [3.8, 4) is 11.8 Å². The lowest BCUT2D eigenvalue weighted by Gasteiger charge is -2.07. The molecule has 0 atom stereocenters. The molecule has 0 unspecified atom stereocenters.